The number of hydrogen-bond acceptors (Lipinski definition) is 5. The first kappa shape index (κ1) is 15.3. The Hall–Kier alpha value is -3.22. The first-order chi connectivity index (χ1) is 12.2. The van der Waals surface area contributed by atoms with E-state index in [9.17, 15) is 4.39 Å². The standard InChI is InChI=1S/C18H17FN6/c19-14-10-21-18(22-17(14)20)25-9-8-16-13(11-25)15(23-24-16)7-6-12-4-2-1-3-5-12/h1-7,10H,8-9,11H2,(H,23,24)(H2,20,21,22)/b7-6+. The highest BCUT2D eigenvalue weighted by Crippen LogP contribution is 2.25. The summed E-state index contributed by atoms with van der Waals surface area (Å²) in [6.45, 7) is 1.33. The van der Waals surface area contributed by atoms with Crippen LogP contribution in [0.4, 0.5) is 16.2 Å². The van der Waals surface area contributed by atoms with Crippen molar-refractivity contribution in [1.82, 2.24) is 20.2 Å². The number of nitrogens with one attached hydrogen (secondary N) is 1. The number of hydrogen-bond donors (Lipinski definition) is 2. The van der Waals surface area contributed by atoms with Crippen molar-refractivity contribution in [3.05, 3.63) is 64.9 Å². The summed E-state index contributed by atoms with van der Waals surface area (Å²) in [7, 11) is 0. The summed E-state index contributed by atoms with van der Waals surface area (Å²) in [5.74, 6) is -0.299. The normalized spacial score (nSPS) is 14.0. The van der Waals surface area contributed by atoms with Gasteiger partial charge in [0.2, 0.25) is 5.95 Å². The summed E-state index contributed by atoms with van der Waals surface area (Å²) in [4.78, 5) is 10.1. The van der Waals surface area contributed by atoms with Gasteiger partial charge in [-0.25, -0.2) is 9.37 Å². The van der Waals surface area contributed by atoms with Gasteiger partial charge in [0.25, 0.3) is 0 Å². The summed E-state index contributed by atoms with van der Waals surface area (Å²) in [6.07, 6.45) is 5.93. The van der Waals surface area contributed by atoms with Gasteiger partial charge in [-0.15, -0.1) is 0 Å². The van der Waals surface area contributed by atoms with Crippen molar-refractivity contribution < 1.29 is 4.39 Å². The molecule has 0 spiro atoms. The molecular formula is C18H17FN6. The van der Waals surface area contributed by atoms with E-state index in [1.165, 1.54) is 0 Å². The lowest BCUT2D eigenvalue weighted by Gasteiger charge is -2.27. The van der Waals surface area contributed by atoms with Crippen LogP contribution in [0.2, 0.25) is 0 Å². The van der Waals surface area contributed by atoms with E-state index in [0.29, 0.717) is 12.5 Å². The number of nitrogens with two attached hydrogens (primary N) is 1. The van der Waals surface area contributed by atoms with Crippen LogP contribution < -0.4 is 10.6 Å². The fraction of sp³-hybridized carbons (Fsp3) is 0.167. The molecule has 1 aliphatic rings. The lowest BCUT2D eigenvalue weighted by atomic mass is 10.0. The van der Waals surface area contributed by atoms with Crippen LogP contribution in [0.25, 0.3) is 12.2 Å². The quantitative estimate of drug-likeness (QED) is 0.768. The molecule has 1 aliphatic heterocycles. The Labute approximate surface area is 144 Å². The molecule has 0 atom stereocenters. The molecule has 3 heterocycles. The molecule has 2 aromatic heterocycles. The zero-order valence-electron chi connectivity index (χ0n) is 13.5. The van der Waals surface area contributed by atoms with Crippen molar-refractivity contribution >= 4 is 23.9 Å². The molecule has 7 heteroatoms. The van der Waals surface area contributed by atoms with E-state index in [4.69, 9.17) is 5.73 Å². The predicted molar refractivity (Wildman–Crippen MR) is 95.1 cm³/mol. The molecule has 1 aromatic carbocycles. The summed E-state index contributed by atoms with van der Waals surface area (Å²) in [6, 6.07) is 10.1. The van der Waals surface area contributed by atoms with Crippen molar-refractivity contribution in [3.8, 4) is 0 Å². The highest BCUT2D eigenvalue weighted by molar-refractivity contribution is 5.70. The molecule has 6 nitrogen and oxygen atoms in total. The van der Waals surface area contributed by atoms with Crippen LogP contribution in [0.3, 0.4) is 0 Å². The van der Waals surface area contributed by atoms with Crippen molar-refractivity contribution in [2.24, 2.45) is 0 Å². The molecule has 0 bridgehead atoms. The SMILES string of the molecule is Nc1nc(N2CCc3[nH]nc(/C=C/c4ccccc4)c3C2)ncc1F. The molecule has 0 fully saturated rings. The molecule has 0 amide bonds. The highest BCUT2D eigenvalue weighted by Gasteiger charge is 2.23. The van der Waals surface area contributed by atoms with Crippen molar-refractivity contribution in [1.29, 1.82) is 0 Å². The summed E-state index contributed by atoms with van der Waals surface area (Å²) in [5.41, 5.74) is 9.77. The van der Waals surface area contributed by atoms with Gasteiger partial charge in [0.1, 0.15) is 0 Å². The van der Waals surface area contributed by atoms with Crippen molar-refractivity contribution in [3.63, 3.8) is 0 Å². The number of halogens is 1. The molecule has 0 saturated heterocycles. The average molecular weight is 336 g/mol. The van der Waals surface area contributed by atoms with E-state index < -0.39 is 5.82 Å². The van der Waals surface area contributed by atoms with Crippen LogP contribution in [0, 0.1) is 5.82 Å². The molecule has 3 N–H and O–H groups in total. The van der Waals surface area contributed by atoms with E-state index in [2.05, 4.69) is 20.2 Å². The van der Waals surface area contributed by atoms with E-state index in [-0.39, 0.29) is 5.82 Å². The molecule has 4 rings (SSSR count). The van der Waals surface area contributed by atoms with Gasteiger partial charge in [-0.2, -0.15) is 10.1 Å². The van der Waals surface area contributed by atoms with Crippen molar-refractivity contribution in [2.75, 3.05) is 17.2 Å². The maximum atomic E-state index is 13.3. The average Bonchev–Trinajstić information content (AvgIpc) is 3.05. The molecule has 0 unspecified atom stereocenters. The molecule has 0 aliphatic carbocycles. The number of aromatic amines is 1. The maximum Gasteiger partial charge on any atom is 0.227 e. The monoisotopic (exact) mass is 336 g/mol. The third-order valence-corrected chi connectivity index (χ3v) is 4.24. The van der Waals surface area contributed by atoms with Gasteiger partial charge in [0, 0.05) is 30.8 Å². The van der Waals surface area contributed by atoms with Crippen LogP contribution in [-0.4, -0.2) is 26.7 Å². The van der Waals surface area contributed by atoms with Gasteiger partial charge >= 0.3 is 0 Å². The molecular weight excluding hydrogens is 319 g/mol. The number of benzene rings is 1. The van der Waals surface area contributed by atoms with Gasteiger partial charge in [-0.3, -0.25) is 5.10 Å². The van der Waals surface area contributed by atoms with Crippen LogP contribution in [-0.2, 0) is 13.0 Å². The van der Waals surface area contributed by atoms with E-state index >= 15 is 0 Å². The number of nitrogen functional groups attached to an aromatic ring is 1. The van der Waals surface area contributed by atoms with Crippen LogP contribution >= 0.6 is 0 Å². The second-order valence-corrected chi connectivity index (χ2v) is 5.88. The number of rotatable bonds is 3. The largest absolute Gasteiger partial charge is 0.381 e. The minimum atomic E-state index is -0.601. The number of nitrogens with zero attached hydrogens (tertiary/aromatic N) is 4. The van der Waals surface area contributed by atoms with Crippen LogP contribution in [0.15, 0.2) is 36.5 Å². The lowest BCUT2D eigenvalue weighted by molar-refractivity contribution is 0.614. The highest BCUT2D eigenvalue weighted by atomic mass is 19.1. The number of aromatic nitrogens is 4. The Morgan fingerprint density at radius 1 is 1.20 bits per heavy atom. The summed E-state index contributed by atoms with van der Waals surface area (Å²) < 4.78 is 13.3. The lowest BCUT2D eigenvalue weighted by Crippen LogP contribution is -2.32. The smallest absolute Gasteiger partial charge is 0.227 e. The van der Waals surface area contributed by atoms with Gasteiger partial charge in [0.05, 0.1) is 11.9 Å². The summed E-state index contributed by atoms with van der Waals surface area (Å²) >= 11 is 0. The number of anilines is 2. The van der Waals surface area contributed by atoms with E-state index in [1.54, 1.807) is 0 Å². The minimum Gasteiger partial charge on any atom is -0.381 e. The van der Waals surface area contributed by atoms with Crippen LogP contribution in [0.5, 0.6) is 0 Å². The summed E-state index contributed by atoms with van der Waals surface area (Å²) in [5, 5.41) is 7.51. The molecule has 25 heavy (non-hydrogen) atoms. The van der Waals surface area contributed by atoms with Gasteiger partial charge < -0.3 is 10.6 Å². The van der Waals surface area contributed by atoms with Gasteiger partial charge in [0.15, 0.2) is 11.6 Å². The maximum absolute atomic E-state index is 13.3. The Kier molecular flexibility index (Phi) is 3.89. The fourth-order valence-corrected chi connectivity index (χ4v) is 2.89. The Morgan fingerprint density at radius 3 is 2.84 bits per heavy atom. The second kappa shape index (κ2) is 6.35. The molecule has 3 aromatic rings. The third kappa shape index (κ3) is 3.08. The van der Waals surface area contributed by atoms with E-state index in [1.807, 2.05) is 47.4 Å². The fourth-order valence-electron chi connectivity index (χ4n) is 2.89. The van der Waals surface area contributed by atoms with Gasteiger partial charge in [-0.1, -0.05) is 36.4 Å². The topological polar surface area (TPSA) is 83.7 Å². The van der Waals surface area contributed by atoms with E-state index in [0.717, 1.165) is 41.7 Å². The van der Waals surface area contributed by atoms with Crippen LogP contribution in [0.1, 0.15) is 22.5 Å². The zero-order chi connectivity index (χ0) is 17.2. The zero-order valence-corrected chi connectivity index (χ0v) is 13.5. The second-order valence-electron chi connectivity index (χ2n) is 5.88. The number of H-pyrrole nitrogens is 1. The first-order valence-corrected chi connectivity index (χ1v) is 8.03. The van der Waals surface area contributed by atoms with Gasteiger partial charge in [-0.05, 0) is 11.6 Å². The molecule has 0 radical (unpaired) electrons. The van der Waals surface area contributed by atoms with Crippen molar-refractivity contribution in [2.45, 2.75) is 13.0 Å². The predicted octanol–water partition coefficient (Wildman–Crippen LogP) is 2.65. The molecule has 0 saturated carbocycles. The first-order valence-electron chi connectivity index (χ1n) is 8.03. The minimum absolute atomic E-state index is 0.132. The number of fused-ring (bicyclic) bond motifs is 1. The Balaban J connectivity index is 1.59. The Morgan fingerprint density at radius 2 is 2.04 bits per heavy atom. The molecule has 126 valence electrons. The Bertz CT molecular complexity index is 919. The third-order valence-electron chi connectivity index (χ3n) is 4.24.